The fourth-order valence-electron chi connectivity index (χ4n) is 2.05. The first-order valence-corrected chi connectivity index (χ1v) is 6.48. The highest BCUT2D eigenvalue weighted by molar-refractivity contribution is 5.51. The van der Waals surface area contributed by atoms with Crippen LogP contribution in [0, 0.1) is 0 Å². The lowest BCUT2D eigenvalue weighted by Gasteiger charge is -2.21. The average Bonchev–Trinajstić information content (AvgIpc) is 2.43. The highest BCUT2D eigenvalue weighted by Crippen LogP contribution is 2.24. The summed E-state index contributed by atoms with van der Waals surface area (Å²) in [6.07, 6.45) is 0. The minimum atomic E-state index is 0.659. The number of para-hydroxylation sites is 1. The van der Waals surface area contributed by atoms with Crippen molar-refractivity contribution in [1.82, 2.24) is 0 Å². The van der Waals surface area contributed by atoms with Crippen LogP contribution in [0.4, 0.5) is 11.4 Å². The monoisotopic (exact) mass is 256 g/mol. The van der Waals surface area contributed by atoms with Gasteiger partial charge in [0.1, 0.15) is 5.75 Å². The third-order valence-electron chi connectivity index (χ3n) is 2.99. The van der Waals surface area contributed by atoms with Crippen molar-refractivity contribution < 1.29 is 4.74 Å². The molecule has 0 saturated carbocycles. The van der Waals surface area contributed by atoms with E-state index >= 15 is 0 Å². The Labute approximate surface area is 114 Å². The van der Waals surface area contributed by atoms with Crippen molar-refractivity contribution in [3.8, 4) is 5.75 Å². The topological polar surface area (TPSA) is 38.5 Å². The molecule has 3 nitrogen and oxygen atoms in total. The number of nitrogen functional groups attached to an aromatic ring is 1. The second kappa shape index (κ2) is 6.14. The molecule has 0 aromatic heterocycles. The van der Waals surface area contributed by atoms with Crippen LogP contribution in [0.3, 0.4) is 0 Å². The predicted octanol–water partition coefficient (Wildman–Crippen LogP) is 3.30. The van der Waals surface area contributed by atoms with Crippen LogP contribution in [0.2, 0.25) is 0 Å². The molecule has 0 fully saturated rings. The van der Waals surface area contributed by atoms with E-state index in [1.54, 1.807) is 0 Å². The summed E-state index contributed by atoms with van der Waals surface area (Å²) >= 11 is 0. The lowest BCUT2D eigenvalue weighted by Crippen LogP contribution is -2.17. The van der Waals surface area contributed by atoms with Gasteiger partial charge in [-0.15, -0.1) is 0 Å². The molecule has 0 atom stereocenters. The van der Waals surface area contributed by atoms with Gasteiger partial charge in [-0.2, -0.15) is 0 Å². The van der Waals surface area contributed by atoms with Crippen LogP contribution in [0.5, 0.6) is 5.75 Å². The first-order chi connectivity index (χ1) is 9.20. The van der Waals surface area contributed by atoms with Crippen LogP contribution in [-0.2, 0) is 6.54 Å². The Bertz CT molecular complexity index is 526. The number of benzene rings is 2. The van der Waals surface area contributed by atoms with E-state index in [9.17, 15) is 0 Å². The lowest BCUT2D eigenvalue weighted by atomic mass is 10.1. The summed E-state index contributed by atoms with van der Waals surface area (Å²) in [5, 5.41) is 0. The van der Waals surface area contributed by atoms with Gasteiger partial charge in [0.05, 0.1) is 6.61 Å². The number of nitrogens with zero attached hydrogens (tertiary/aromatic N) is 1. The zero-order valence-corrected chi connectivity index (χ0v) is 11.5. The van der Waals surface area contributed by atoms with Gasteiger partial charge in [0.25, 0.3) is 0 Å². The second-order valence-electron chi connectivity index (χ2n) is 4.49. The quantitative estimate of drug-likeness (QED) is 0.834. The summed E-state index contributed by atoms with van der Waals surface area (Å²) in [7, 11) is 2.06. The predicted molar refractivity (Wildman–Crippen MR) is 80.6 cm³/mol. The number of nitrogens with two attached hydrogens (primary N) is 1. The van der Waals surface area contributed by atoms with Gasteiger partial charge in [0.15, 0.2) is 0 Å². The number of rotatable bonds is 5. The summed E-state index contributed by atoms with van der Waals surface area (Å²) in [4.78, 5) is 2.18. The van der Waals surface area contributed by atoms with Gasteiger partial charge in [-0.25, -0.2) is 0 Å². The smallest absolute Gasteiger partial charge is 0.124 e. The van der Waals surface area contributed by atoms with Crippen LogP contribution >= 0.6 is 0 Å². The molecule has 0 bridgehead atoms. The zero-order valence-electron chi connectivity index (χ0n) is 11.5. The van der Waals surface area contributed by atoms with Crippen LogP contribution in [0.25, 0.3) is 0 Å². The van der Waals surface area contributed by atoms with Gasteiger partial charge >= 0.3 is 0 Å². The maximum absolute atomic E-state index is 5.86. The van der Waals surface area contributed by atoms with E-state index in [2.05, 4.69) is 24.1 Å². The van der Waals surface area contributed by atoms with Gasteiger partial charge in [-0.3, -0.25) is 0 Å². The molecular weight excluding hydrogens is 236 g/mol. The van der Waals surface area contributed by atoms with Crippen molar-refractivity contribution >= 4 is 11.4 Å². The molecule has 2 rings (SSSR count). The minimum absolute atomic E-state index is 0.659. The Kier molecular flexibility index (Phi) is 4.29. The number of ether oxygens (including phenoxy) is 1. The van der Waals surface area contributed by atoms with Crippen molar-refractivity contribution in [2.75, 3.05) is 24.3 Å². The molecule has 3 heteroatoms. The van der Waals surface area contributed by atoms with Crippen LogP contribution in [0.1, 0.15) is 12.5 Å². The van der Waals surface area contributed by atoms with E-state index in [-0.39, 0.29) is 0 Å². The number of anilines is 2. The molecule has 2 N–H and O–H groups in total. The molecule has 0 radical (unpaired) electrons. The van der Waals surface area contributed by atoms with Crippen molar-refractivity contribution in [3.05, 3.63) is 54.1 Å². The normalized spacial score (nSPS) is 10.2. The second-order valence-corrected chi connectivity index (χ2v) is 4.49. The summed E-state index contributed by atoms with van der Waals surface area (Å²) in [5.74, 6) is 0.902. The van der Waals surface area contributed by atoms with Crippen molar-refractivity contribution in [1.29, 1.82) is 0 Å². The summed E-state index contributed by atoms with van der Waals surface area (Å²) in [5.41, 5.74) is 8.91. The molecule has 0 aliphatic rings. The standard InChI is InChI=1S/C16H20N2O/c1-3-19-16-10-9-14(17)11-13(16)12-18(2)15-7-5-4-6-8-15/h4-11H,3,12,17H2,1-2H3. The van der Waals surface area contributed by atoms with Crippen LogP contribution < -0.4 is 15.4 Å². The van der Waals surface area contributed by atoms with Crippen molar-refractivity contribution in [2.24, 2.45) is 0 Å². The highest BCUT2D eigenvalue weighted by atomic mass is 16.5. The molecule has 0 saturated heterocycles. The Morgan fingerprint density at radius 1 is 1.11 bits per heavy atom. The highest BCUT2D eigenvalue weighted by Gasteiger charge is 2.08. The van der Waals surface area contributed by atoms with E-state index in [0.717, 1.165) is 23.5 Å². The molecule has 0 aliphatic heterocycles. The largest absolute Gasteiger partial charge is 0.494 e. The Hall–Kier alpha value is -2.16. The van der Waals surface area contributed by atoms with Gasteiger partial charge < -0.3 is 15.4 Å². The molecule has 19 heavy (non-hydrogen) atoms. The molecule has 0 aliphatic carbocycles. The van der Waals surface area contributed by atoms with Gasteiger partial charge in [-0.05, 0) is 37.3 Å². The van der Waals surface area contributed by atoms with E-state index < -0.39 is 0 Å². The first kappa shape index (κ1) is 13.3. The fourth-order valence-corrected chi connectivity index (χ4v) is 2.05. The average molecular weight is 256 g/mol. The molecule has 2 aromatic rings. The molecule has 0 spiro atoms. The first-order valence-electron chi connectivity index (χ1n) is 6.48. The zero-order chi connectivity index (χ0) is 13.7. The SMILES string of the molecule is CCOc1ccc(N)cc1CN(C)c1ccccc1. The van der Waals surface area contributed by atoms with Crippen LogP contribution in [-0.4, -0.2) is 13.7 Å². The molecule has 0 heterocycles. The molecule has 0 amide bonds. The molecule has 2 aromatic carbocycles. The maximum Gasteiger partial charge on any atom is 0.124 e. The Morgan fingerprint density at radius 3 is 2.53 bits per heavy atom. The number of hydrogen-bond acceptors (Lipinski definition) is 3. The minimum Gasteiger partial charge on any atom is -0.494 e. The fraction of sp³-hybridized carbons (Fsp3) is 0.250. The molecular formula is C16H20N2O. The van der Waals surface area contributed by atoms with Gasteiger partial charge in [-0.1, -0.05) is 18.2 Å². The summed E-state index contributed by atoms with van der Waals surface area (Å²) in [6, 6.07) is 16.1. The van der Waals surface area contributed by atoms with Crippen molar-refractivity contribution in [2.45, 2.75) is 13.5 Å². The van der Waals surface area contributed by atoms with Gasteiger partial charge in [0, 0.05) is 30.5 Å². The van der Waals surface area contributed by atoms with E-state index in [0.29, 0.717) is 6.61 Å². The maximum atomic E-state index is 5.86. The number of hydrogen-bond donors (Lipinski definition) is 1. The van der Waals surface area contributed by atoms with E-state index in [1.807, 2.05) is 43.3 Å². The third kappa shape index (κ3) is 3.41. The van der Waals surface area contributed by atoms with E-state index in [4.69, 9.17) is 10.5 Å². The summed E-state index contributed by atoms with van der Waals surface area (Å²) < 4.78 is 5.65. The lowest BCUT2D eigenvalue weighted by molar-refractivity contribution is 0.336. The Balaban J connectivity index is 2.20. The van der Waals surface area contributed by atoms with Crippen LogP contribution in [0.15, 0.2) is 48.5 Å². The molecule has 0 unspecified atom stereocenters. The Morgan fingerprint density at radius 2 is 1.84 bits per heavy atom. The van der Waals surface area contributed by atoms with Gasteiger partial charge in [0.2, 0.25) is 0 Å². The molecule has 100 valence electrons. The third-order valence-corrected chi connectivity index (χ3v) is 2.99. The van der Waals surface area contributed by atoms with Crippen molar-refractivity contribution in [3.63, 3.8) is 0 Å². The van der Waals surface area contributed by atoms with E-state index in [1.165, 1.54) is 5.69 Å². The summed E-state index contributed by atoms with van der Waals surface area (Å²) in [6.45, 7) is 3.41.